The highest BCUT2D eigenvalue weighted by Crippen LogP contribution is 2.31. The Morgan fingerprint density at radius 3 is 2.42 bits per heavy atom. The Kier molecular flexibility index (Phi) is 12.2. The predicted molar refractivity (Wildman–Crippen MR) is 129 cm³/mol. The molecule has 0 aliphatic rings. The van der Waals surface area contributed by atoms with Crippen LogP contribution in [0.5, 0.6) is 5.75 Å². The molecule has 1 aromatic rings. The van der Waals surface area contributed by atoms with Crippen LogP contribution < -0.4 is 20.7 Å². The molecule has 0 aliphatic heterocycles. The molecule has 0 fully saturated rings. The number of amides is 1. The quantitative estimate of drug-likeness (QED) is 0.0851. The number of benzene rings is 1. The average molecular weight is 514 g/mol. The van der Waals surface area contributed by atoms with E-state index in [9.17, 15) is 14.9 Å². The van der Waals surface area contributed by atoms with Crippen LogP contribution in [-0.2, 0) is 4.79 Å². The molecule has 0 saturated carbocycles. The second-order valence-corrected chi connectivity index (χ2v) is 9.58. The van der Waals surface area contributed by atoms with Crippen molar-refractivity contribution in [2.24, 2.45) is 0 Å². The standard InChI is InChI=1S/C19H27Cl3N4O4S/c1-3-4-5-6-7-8-9-16(27)24-17(19(20,21)22)25-18(31)23-14-12-13(26(28)29)10-11-15(14)30-2/h10-12,17H,3-9H2,1-2H3,(H,24,27)(H2,23,25,31)/t17-/m1/s1. The molecule has 0 unspecified atom stereocenters. The van der Waals surface area contributed by atoms with E-state index >= 15 is 0 Å². The number of thiocarbonyl (C=S) groups is 1. The number of rotatable bonds is 12. The third-order valence-corrected chi connectivity index (χ3v) is 5.18. The number of carbonyl (C=O) groups is 1. The fourth-order valence-corrected chi connectivity index (χ4v) is 3.25. The molecule has 174 valence electrons. The maximum Gasteiger partial charge on any atom is 0.271 e. The van der Waals surface area contributed by atoms with Gasteiger partial charge in [-0.15, -0.1) is 0 Å². The molecule has 31 heavy (non-hydrogen) atoms. The number of non-ortho nitro benzene ring substituents is 1. The number of methoxy groups -OCH3 is 1. The van der Waals surface area contributed by atoms with Gasteiger partial charge < -0.3 is 20.7 Å². The molecular formula is C19H27Cl3N4O4S. The summed E-state index contributed by atoms with van der Waals surface area (Å²) in [5.74, 6) is 0.0438. The number of unbranched alkanes of at least 4 members (excludes halogenated alkanes) is 5. The first-order valence-corrected chi connectivity index (χ1v) is 11.4. The van der Waals surface area contributed by atoms with Crippen molar-refractivity contribution >= 4 is 69.4 Å². The van der Waals surface area contributed by atoms with E-state index in [-0.39, 0.29) is 22.4 Å². The summed E-state index contributed by atoms with van der Waals surface area (Å²) in [6.45, 7) is 2.14. The highest BCUT2D eigenvalue weighted by Gasteiger charge is 2.34. The van der Waals surface area contributed by atoms with Crippen molar-refractivity contribution in [1.29, 1.82) is 0 Å². The van der Waals surface area contributed by atoms with E-state index in [1.165, 1.54) is 31.7 Å². The summed E-state index contributed by atoms with van der Waals surface area (Å²) >= 11 is 23.2. The number of hydrogen-bond donors (Lipinski definition) is 3. The minimum Gasteiger partial charge on any atom is -0.495 e. The van der Waals surface area contributed by atoms with E-state index in [2.05, 4.69) is 22.9 Å². The number of carbonyl (C=O) groups excluding carboxylic acids is 1. The Morgan fingerprint density at radius 1 is 1.19 bits per heavy atom. The summed E-state index contributed by atoms with van der Waals surface area (Å²) in [7, 11) is 1.41. The van der Waals surface area contributed by atoms with Crippen LogP contribution >= 0.6 is 47.0 Å². The molecule has 1 atom stereocenters. The van der Waals surface area contributed by atoms with E-state index in [1.807, 2.05) is 0 Å². The number of nitrogens with zero attached hydrogens (tertiary/aromatic N) is 1. The number of anilines is 1. The molecule has 0 radical (unpaired) electrons. The average Bonchev–Trinajstić information content (AvgIpc) is 2.69. The second kappa shape index (κ2) is 13.8. The summed E-state index contributed by atoms with van der Waals surface area (Å²) < 4.78 is 3.28. The first-order chi connectivity index (χ1) is 14.6. The minimum atomic E-state index is -1.89. The van der Waals surface area contributed by atoms with Crippen molar-refractivity contribution in [2.75, 3.05) is 12.4 Å². The van der Waals surface area contributed by atoms with Gasteiger partial charge in [-0.1, -0.05) is 73.8 Å². The number of nitrogens with one attached hydrogen (secondary N) is 3. The maximum absolute atomic E-state index is 12.3. The lowest BCUT2D eigenvalue weighted by Crippen LogP contribution is -2.56. The lowest BCUT2D eigenvalue weighted by molar-refractivity contribution is -0.384. The number of nitro groups is 1. The number of alkyl halides is 3. The summed E-state index contributed by atoms with van der Waals surface area (Å²) in [4.78, 5) is 22.7. The van der Waals surface area contributed by atoms with Crippen LogP contribution in [0.25, 0.3) is 0 Å². The maximum atomic E-state index is 12.3. The van der Waals surface area contributed by atoms with E-state index < -0.39 is 14.9 Å². The van der Waals surface area contributed by atoms with Gasteiger partial charge in [0.25, 0.3) is 5.69 Å². The van der Waals surface area contributed by atoms with Crippen LogP contribution in [0.4, 0.5) is 11.4 Å². The molecule has 12 heteroatoms. The monoisotopic (exact) mass is 512 g/mol. The molecule has 1 aromatic carbocycles. The van der Waals surface area contributed by atoms with Gasteiger partial charge in [0.15, 0.2) is 5.11 Å². The summed E-state index contributed by atoms with van der Waals surface area (Å²) in [6.07, 6.45) is 5.43. The lowest BCUT2D eigenvalue weighted by Gasteiger charge is -2.28. The third kappa shape index (κ3) is 10.5. The highest BCUT2D eigenvalue weighted by molar-refractivity contribution is 7.80. The fraction of sp³-hybridized carbons (Fsp3) is 0.579. The van der Waals surface area contributed by atoms with E-state index in [4.69, 9.17) is 51.8 Å². The van der Waals surface area contributed by atoms with E-state index in [1.54, 1.807) is 0 Å². The first kappa shape index (κ1) is 27.5. The Bertz CT molecular complexity index is 762. The van der Waals surface area contributed by atoms with Crippen molar-refractivity contribution in [3.63, 3.8) is 0 Å². The second-order valence-electron chi connectivity index (χ2n) is 6.80. The van der Waals surface area contributed by atoms with Crippen LogP contribution in [0.2, 0.25) is 0 Å². The topological polar surface area (TPSA) is 106 Å². The zero-order valence-corrected chi connectivity index (χ0v) is 20.5. The van der Waals surface area contributed by atoms with Gasteiger partial charge in [0.2, 0.25) is 9.70 Å². The summed E-state index contributed by atoms with van der Waals surface area (Å²) in [5.41, 5.74) is 0.0898. The molecule has 0 aromatic heterocycles. The largest absolute Gasteiger partial charge is 0.495 e. The van der Waals surface area contributed by atoms with Crippen LogP contribution in [0.3, 0.4) is 0 Å². The number of ether oxygens (including phenoxy) is 1. The normalized spacial score (nSPS) is 12.0. The summed E-state index contributed by atoms with van der Waals surface area (Å²) in [6, 6.07) is 3.99. The molecule has 0 saturated heterocycles. The van der Waals surface area contributed by atoms with Gasteiger partial charge in [0.1, 0.15) is 11.9 Å². The van der Waals surface area contributed by atoms with Crippen LogP contribution in [-0.4, -0.2) is 33.0 Å². The molecule has 0 spiro atoms. The number of halogens is 3. The Morgan fingerprint density at radius 2 is 1.84 bits per heavy atom. The first-order valence-electron chi connectivity index (χ1n) is 9.84. The van der Waals surface area contributed by atoms with Crippen molar-refractivity contribution in [3.8, 4) is 5.75 Å². The SMILES string of the molecule is CCCCCCCCC(=O)N[C@H](NC(=S)Nc1cc([N+](=O)[O-])ccc1OC)C(Cl)(Cl)Cl. The smallest absolute Gasteiger partial charge is 0.271 e. The van der Waals surface area contributed by atoms with Gasteiger partial charge in [-0.25, -0.2) is 0 Å². The molecule has 1 amide bonds. The Labute approximate surface area is 202 Å². The predicted octanol–water partition coefficient (Wildman–Crippen LogP) is 5.45. The Hall–Kier alpha value is -1.55. The zero-order valence-electron chi connectivity index (χ0n) is 17.4. The van der Waals surface area contributed by atoms with Crippen LogP contribution in [0.15, 0.2) is 18.2 Å². The van der Waals surface area contributed by atoms with Gasteiger partial charge in [0, 0.05) is 18.6 Å². The minimum absolute atomic E-state index is 0.0185. The van der Waals surface area contributed by atoms with Crippen molar-refractivity contribution in [3.05, 3.63) is 28.3 Å². The van der Waals surface area contributed by atoms with E-state index in [0.717, 1.165) is 32.1 Å². The van der Waals surface area contributed by atoms with Gasteiger partial charge in [-0.2, -0.15) is 0 Å². The van der Waals surface area contributed by atoms with Gasteiger partial charge in [-0.3, -0.25) is 14.9 Å². The molecule has 0 bridgehead atoms. The molecular weight excluding hydrogens is 487 g/mol. The lowest BCUT2D eigenvalue weighted by atomic mass is 10.1. The fourth-order valence-electron chi connectivity index (χ4n) is 2.70. The summed E-state index contributed by atoms with van der Waals surface area (Å²) in [5, 5.41) is 19.1. The molecule has 0 aliphatic carbocycles. The van der Waals surface area contributed by atoms with Gasteiger partial charge >= 0.3 is 0 Å². The van der Waals surface area contributed by atoms with Gasteiger partial charge in [0.05, 0.1) is 17.7 Å². The Balaban J connectivity index is 2.70. The van der Waals surface area contributed by atoms with Crippen molar-refractivity contribution < 1.29 is 14.5 Å². The molecule has 8 nitrogen and oxygen atoms in total. The van der Waals surface area contributed by atoms with Crippen molar-refractivity contribution in [2.45, 2.75) is 61.8 Å². The van der Waals surface area contributed by atoms with Crippen LogP contribution in [0.1, 0.15) is 51.9 Å². The highest BCUT2D eigenvalue weighted by atomic mass is 35.6. The van der Waals surface area contributed by atoms with Gasteiger partial charge in [-0.05, 0) is 24.7 Å². The third-order valence-electron chi connectivity index (χ3n) is 4.31. The van der Waals surface area contributed by atoms with E-state index in [0.29, 0.717) is 12.2 Å². The number of nitro benzene ring substituents is 1. The van der Waals surface area contributed by atoms with Crippen LogP contribution in [0, 0.1) is 10.1 Å². The molecule has 1 rings (SSSR count). The number of hydrogen-bond acceptors (Lipinski definition) is 5. The zero-order chi connectivity index (χ0) is 23.4. The molecule has 3 N–H and O–H groups in total. The molecule has 0 heterocycles. The van der Waals surface area contributed by atoms with Crippen molar-refractivity contribution in [1.82, 2.24) is 10.6 Å².